The van der Waals surface area contributed by atoms with E-state index < -0.39 is 0 Å². The Balaban J connectivity index is 2.16. The van der Waals surface area contributed by atoms with E-state index in [0.29, 0.717) is 17.9 Å². The van der Waals surface area contributed by atoms with Crippen LogP contribution in [0.4, 0.5) is 0 Å². The number of allylic oxidation sites excluding steroid dienone is 1. The van der Waals surface area contributed by atoms with Gasteiger partial charge < -0.3 is 4.74 Å². The zero-order valence-electron chi connectivity index (χ0n) is 8.15. The highest BCUT2D eigenvalue weighted by Crippen LogP contribution is 2.32. The summed E-state index contributed by atoms with van der Waals surface area (Å²) >= 11 is 5.56. The number of esters is 1. The SMILES string of the molecule is O=C1OC(c2ccccc2)C/C1=C/CCl. The lowest BCUT2D eigenvalue weighted by Crippen LogP contribution is -1.98. The summed E-state index contributed by atoms with van der Waals surface area (Å²) in [6.07, 6.45) is 2.19. The molecule has 0 radical (unpaired) electrons. The zero-order chi connectivity index (χ0) is 10.7. The second kappa shape index (κ2) is 4.49. The maximum atomic E-state index is 11.4. The highest BCUT2D eigenvalue weighted by molar-refractivity contribution is 6.19. The quantitative estimate of drug-likeness (QED) is 0.437. The van der Waals surface area contributed by atoms with E-state index in [0.717, 1.165) is 5.56 Å². The van der Waals surface area contributed by atoms with Crippen LogP contribution in [0, 0.1) is 0 Å². The van der Waals surface area contributed by atoms with Gasteiger partial charge in [-0.15, -0.1) is 11.6 Å². The molecule has 2 rings (SSSR count). The van der Waals surface area contributed by atoms with Gasteiger partial charge in [-0.1, -0.05) is 36.4 Å². The summed E-state index contributed by atoms with van der Waals surface area (Å²) < 4.78 is 5.25. The third-order valence-electron chi connectivity index (χ3n) is 2.41. The Hall–Kier alpha value is -1.28. The van der Waals surface area contributed by atoms with Crippen LogP contribution < -0.4 is 0 Å². The van der Waals surface area contributed by atoms with E-state index >= 15 is 0 Å². The second-order valence-corrected chi connectivity index (χ2v) is 3.70. The lowest BCUT2D eigenvalue weighted by atomic mass is 10.0. The number of cyclic esters (lactones) is 1. The van der Waals surface area contributed by atoms with Crippen LogP contribution in [-0.2, 0) is 9.53 Å². The van der Waals surface area contributed by atoms with Crippen molar-refractivity contribution in [1.82, 2.24) is 0 Å². The van der Waals surface area contributed by atoms with Crippen molar-refractivity contribution in [2.24, 2.45) is 0 Å². The normalized spacial score (nSPS) is 23.1. The van der Waals surface area contributed by atoms with Gasteiger partial charge in [0.2, 0.25) is 0 Å². The number of alkyl halides is 1. The monoisotopic (exact) mass is 222 g/mol. The summed E-state index contributed by atoms with van der Waals surface area (Å²) in [5.74, 6) is 0.107. The third-order valence-corrected chi connectivity index (χ3v) is 2.57. The van der Waals surface area contributed by atoms with Crippen molar-refractivity contribution in [2.75, 3.05) is 5.88 Å². The molecule has 0 aliphatic carbocycles. The van der Waals surface area contributed by atoms with Crippen molar-refractivity contribution in [2.45, 2.75) is 12.5 Å². The van der Waals surface area contributed by atoms with E-state index in [4.69, 9.17) is 16.3 Å². The predicted octanol–water partition coefficient (Wildman–Crippen LogP) is 2.84. The molecule has 0 bridgehead atoms. The zero-order valence-corrected chi connectivity index (χ0v) is 8.91. The molecule has 0 aromatic heterocycles. The topological polar surface area (TPSA) is 26.3 Å². The molecule has 15 heavy (non-hydrogen) atoms. The average molecular weight is 223 g/mol. The van der Waals surface area contributed by atoms with Crippen molar-refractivity contribution in [3.05, 3.63) is 47.5 Å². The molecule has 1 atom stereocenters. The molecule has 1 fully saturated rings. The number of halogens is 1. The van der Waals surface area contributed by atoms with E-state index in [1.54, 1.807) is 6.08 Å². The molecule has 1 unspecified atom stereocenters. The van der Waals surface area contributed by atoms with Crippen LogP contribution in [0.5, 0.6) is 0 Å². The lowest BCUT2D eigenvalue weighted by molar-refractivity contribution is -0.139. The Labute approximate surface area is 93.5 Å². The molecule has 2 nitrogen and oxygen atoms in total. The Kier molecular flexibility index (Phi) is 3.07. The van der Waals surface area contributed by atoms with Gasteiger partial charge in [0, 0.05) is 17.9 Å². The molecule has 1 heterocycles. The number of benzene rings is 1. The predicted molar refractivity (Wildman–Crippen MR) is 58.7 cm³/mol. The minimum Gasteiger partial charge on any atom is -0.454 e. The number of ether oxygens (including phenoxy) is 1. The fourth-order valence-corrected chi connectivity index (χ4v) is 1.83. The summed E-state index contributed by atoms with van der Waals surface area (Å²) in [4.78, 5) is 11.4. The Morgan fingerprint density at radius 2 is 2.13 bits per heavy atom. The van der Waals surface area contributed by atoms with Crippen LogP contribution >= 0.6 is 11.6 Å². The van der Waals surface area contributed by atoms with E-state index in [1.165, 1.54) is 0 Å². The van der Waals surface area contributed by atoms with Crippen LogP contribution in [0.25, 0.3) is 0 Å². The molecule has 0 saturated carbocycles. The fourth-order valence-electron chi connectivity index (χ4n) is 1.64. The fraction of sp³-hybridized carbons (Fsp3) is 0.250. The van der Waals surface area contributed by atoms with Gasteiger partial charge in [0.05, 0.1) is 0 Å². The van der Waals surface area contributed by atoms with E-state index in [1.807, 2.05) is 30.3 Å². The first-order chi connectivity index (χ1) is 7.31. The highest BCUT2D eigenvalue weighted by atomic mass is 35.5. The van der Waals surface area contributed by atoms with Gasteiger partial charge in [0.25, 0.3) is 0 Å². The van der Waals surface area contributed by atoms with Crippen LogP contribution in [0.1, 0.15) is 18.1 Å². The molecule has 1 aliphatic heterocycles. The van der Waals surface area contributed by atoms with Crippen LogP contribution in [0.3, 0.4) is 0 Å². The van der Waals surface area contributed by atoms with Crippen molar-refractivity contribution < 1.29 is 9.53 Å². The molecule has 1 aromatic rings. The first kappa shape index (κ1) is 10.2. The summed E-state index contributed by atoms with van der Waals surface area (Å²) in [5.41, 5.74) is 1.71. The number of carbonyl (C=O) groups is 1. The van der Waals surface area contributed by atoms with Crippen molar-refractivity contribution in [1.29, 1.82) is 0 Å². The molecule has 78 valence electrons. The molecule has 0 amide bonds. The largest absolute Gasteiger partial charge is 0.454 e. The highest BCUT2D eigenvalue weighted by Gasteiger charge is 2.29. The molecule has 1 aliphatic rings. The first-order valence-corrected chi connectivity index (χ1v) is 5.35. The van der Waals surface area contributed by atoms with Gasteiger partial charge in [-0.25, -0.2) is 4.79 Å². The number of carbonyl (C=O) groups excluding carboxylic acids is 1. The van der Waals surface area contributed by atoms with Gasteiger partial charge in [0.1, 0.15) is 6.10 Å². The summed E-state index contributed by atoms with van der Waals surface area (Å²) in [5, 5.41) is 0. The van der Waals surface area contributed by atoms with Crippen LogP contribution in [-0.4, -0.2) is 11.8 Å². The van der Waals surface area contributed by atoms with E-state index in [-0.39, 0.29) is 12.1 Å². The van der Waals surface area contributed by atoms with Crippen LogP contribution in [0.15, 0.2) is 42.0 Å². The number of hydrogen-bond acceptors (Lipinski definition) is 2. The number of rotatable bonds is 2. The number of hydrogen-bond donors (Lipinski definition) is 0. The van der Waals surface area contributed by atoms with Gasteiger partial charge in [-0.05, 0) is 5.56 Å². The van der Waals surface area contributed by atoms with Gasteiger partial charge >= 0.3 is 5.97 Å². The van der Waals surface area contributed by atoms with E-state index in [2.05, 4.69) is 0 Å². The Bertz CT molecular complexity index is 384. The molecular formula is C12H11ClO2. The summed E-state index contributed by atoms with van der Waals surface area (Å²) in [7, 11) is 0. The molecule has 1 saturated heterocycles. The first-order valence-electron chi connectivity index (χ1n) is 4.82. The van der Waals surface area contributed by atoms with Crippen molar-refractivity contribution in [3.63, 3.8) is 0 Å². The summed E-state index contributed by atoms with van der Waals surface area (Å²) in [6, 6.07) is 9.73. The van der Waals surface area contributed by atoms with Gasteiger partial charge in [-0.3, -0.25) is 0 Å². The minimum absolute atomic E-state index is 0.145. The molecular weight excluding hydrogens is 212 g/mol. The molecule has 1 aromatic carbocycles. The average Bonchev–Trinajstić information content (AvgIpc) is 2.63. The van der Waals surface area contributed by atoms with Crippen LogP contribution in [0.2, 0.25) is 0 Å². The second-order valence-electron chi connectivity index (χ2n) is 3.39. The van der Waals surface area contributed by atoms with Crippen molar-refractivity contribution >= 4 is 17.6 Å². The van der Waals surface area contributed by atoms with Crippen molar-refractivity contribution in [3.8, 4) is 0 Å². The lowest BCUT2D eigenvalue weighted by Gasteiger charge is -2.07. The molecule has 3 heteroatoms. The maximum absolute atomic E-state index is 11.4. The standard InChI is InChI=1S/C12H11ClO2/c13-7-6-10-8-11(15-12(10)14)9-4-2-1-3-5-9/h1-6,11H,7-8H2/b10-6-. The van der Waals surface area contributed by atoms with Gasteiger partial charge in [-0.2, -0.15) is 0 Å². The Morgan fingerprint density at radius 3 is 2.80 bits per heavy atom. The minimum atomic E-state index is -0.246. The summed E-state index contributed by atoms with van der Waals surface area (Å²) in [6.45, 7) is 0. The molecule has 0 spiro atoms. The Morgan fingerprint density at radius 1 is 1.40 bits per heavy atom. The molecule has 0 N–H and O–H groups in total. The smallest absolute Gasteiger partial charge is 0.334 e. The third kappa shape index (κ3) is 2.21. The maximum Gasteiger partial charge on any atom is 0.334 e. The van der Waals surface area contributed by atoms with Gasteiger partial charge in [0.15, 0.2) is 0 Å². The van der Waals surface area contributed by atoms with E-state index in [9.17, 15) is 4.79 Å².